The second-order valence-electron chi connectivity index (χ2n) is 5.38. The van der Waals surface area contributed by atoms with Crippen LogP contribution in [0.2, 0.25) is 5.02 Å². The number of ether oxygens (including phenoxy) is 1. The molecule has 1 aromatic rings. The number of hydrogen-bond acceptors (Lipinski definition) is 3. The van der Waals surface area contributed by atoms with Gasteiger partial charge in [-0.2, -0.15) is 0 Å². The first-order chi connectivity index (χ1) is 9.23. The van der Waals surface area contributed by atoms with Gasteiger partial charge in [-0.15, -0.1) is 0 Å². The number of rotatable bonds is 5. The summed E-state index contributed by atoms with van der Waals surface area (Å²) in [5, 5.41) is 11.9. The maximum absolute atomic E-state index is 13.4. The summed E-state index contributed by atoms with van der Waals surface area (Å²) in [4.78, 5) is 11.7. The Morgan fingerprint density at radius 1 is 1.50 bits per heavy atom. The van der Waals surface area contributed by atoms with Crippen LogP contribution in [0.25, 0.3) is 0 Å². The Balaban J connectivity index is 2.67. The van der Waals surface area contributed by atoms with E-state index in [1.165, 1.54) is 12.1 Å². The topological polar surface area (TPSA) is 58.6 Å². The molecule has 0 aliphatic carbocycles. The lowest BCUT2D eigenvalue weighted by Gasteiger charge is -2.21. The van der Waals surface area contributed by atoms with E-state index >= 15 is 0 Å². The highest BCUT2D eigenvalue weighted by atomic mass is 35.5. The van der Waals surface area contributed by atoms with Gasteiger partial charge in [0.25, 0.3) is 0 Å². The smallest absolute Gasteiger partial charge is 0.246 e. The number of amides is 1. The van der Waals surface area contributed by atoms with Crippen LogP contribution in [0.1, 0.15) is 32.4 Å². The predicted octanol–water partition coefficient (Wildman–Crippen LogP) is 2.44. The molecular formula is C14H19ClFNO3. The molecule has 20 heavy (non-hydrogen) atoms. The quantitative estimate of drug-likeness (QED) is 0.878. The first kappa shape index (κ1) is 16.9. The second kappa shape index (κ2) is 7.02. The van der Waals surface area contributed by atoms with Gasteiger partial charge in [0.2, 0.25) is 5.91 Å². The highest BCUT2D eigenvalue weighted by molar-refractivity contribution is 6.30. The molecule has 0 bridgehead atoms. The maximum atomic E-state index is 13.4. The number of carbonyl (C=O) groups excluding carboxylic acids is 1. The van der Waals surface area contributed by atoms with Crippen LogP contribution < -0.4 is 5.32 Å². The van der Waals surface area contributed by atoms with Crippen LogP contribution in [-0.2, 0) is 9.53 Å². The minimum Gasteiger partial charge on any atom is -0.394 e. The van der Waals surface area contributed by atoms with Gasteiger partial charge in [-0.1, -0.05) is 17.7 Å². The van der Waals surface area contributed by atoms with E-state index in [0.717, 1.165) is 0 Å². The molecule has 4 nitrogen and oxygen atoms in total. The standard InChI is InChI=1S/C14H19ClFNO3/c1-14(2,3)20-8-13(19)17-12(7-18)9-4-5-10(15)11(16)6-9/h4-6,12,18H,7-8H2,1-3H3,(H,17,19). The van der Waals surface area contributed by atoms with Gasteiger partial charge in [-0.05, 0) is 38.5 Å². The number of halogens is 2. The Morgan fingerprint density at radius 2 is 2.15 bits per heavy atom. The zero-order chi connectivity index (χ0) is 15.3. The van der Waals surface area contributed by atoms with Gasteiger partial charge < -0.3 is 15.2 Å². The summed E-state index contributed by atoms with van der Waals surface area (Å²) in [6.45, 7) is 5.02. The average molecular weight is 304 g/mol. The van der Waals surface area contributed by atoms with Gasteiger partial charge in [0.1, 0.15) is 12.4 Å². The summed E-state index contributed by atoms with van der Waals surface area (Å²) < 4.78 is 18.7. The monoisotopic (exact) mass is 303 g/mol. The van der Waals surface area contributed by atoms with Gasteiger partial charge in [-0.25, -0.2) is 4.39 Å². The van der Waals surface area contributed by atoms with Gasteiger partial charge in [-0.3, -0.25) is 4.79 Å². The number of hydrogen-bond donors (Lipinski definition) is 2. The number of nitrogens with one attached hydrogen (secondary N) is 1. The summed E-state index contributed by atoms with van der Waals surface area (Å²) in [6, 6.07) is 3.43. The Bertz CT molecular complexity index is 474. The van der Waals surface area contributed by atoms with E-state index in [9.17, 15) is 14.3 Å². The first-order valence-electron chi connectivity index (χ1n) is 6.22. The first-order valence-corrected chi connectivity index (χ1v) is 6.60. The van der Waals surface area contributed by atoms with Crippen LogP contribution in [0, 0.1) is 5.82 Å². The largest absolute Gasteiger partial charge is 0.394 e. The summed E-state index contributed by atoms with van der Waals surface area (Å²) in [5.74, 6) is -0.975. The van der Waals surface area contributed by atoms with Crippen molar-refractivity contribution in [2.75, 3.05) is 13.2 Å². The fourth-order valence-corrected chi connectivity index (χ4v) is 1.60. The van der Waals surface area contributed by atoms with Gasteiger partial charge in [0.05, 0.1) is 23.3 Å². The molecule has 0 spiro atoms. The van der Waals surface area contributed by atoms with Crippen LogP contribution in [0.5, 0.6) is 0 Å². The molecule has 1 amide bonds. The number of aliphatic hydroxyl groups excluding tert-OH is 1. The molecule has 1 unspecified atom stereocenters. The van der Waals surface area contributed by atoms with Crippen molar-refractivity contribution >= 4 is 17.5 Å². The molecule has 1 atom stereocenters. The summed E-state index contributed by atoms with van der Waals surface area (Å²) in [6.07, 6.45) is 0. The van der Waals surface area contributed by atoms with Crippen LogP contribution in [-0.4, -0.2) is 29.8 Å². The van der Waals surface area contributed by atoms with Crippen molar-refractivity contribution in [1.82, 2.24) is 5.32 Å². The zero-order valence-corrected chi connectivity index (χ0v) is 12.5. The number of benzene rings is 1. The Hall–Kier alpha value is -1.17. The number of carbonyl (C=O) groups is 1. The van der Waals surface area contributed by atoms with Crippen molar-refractivity contribution in [1.29, 1.82) is 0 Å². The van der Waals surface area contributed by atoms with E-state index in [1.54, 1.807) is 6.07 Å². The maximum Gasteiger partial charge on any atom is 0.246 e. The lowest BCUT2D eigenvalue weighted by Crippen LogP contribution is -2.36. The molecule has 0 radical (unpaired) electrons. The summed E-state index contributed by atoms with van der Waals surface area (Å²) in [7, 11) is 0. The molecule has 1 rings (SSSR count). The Morgan fingerprint density at radius 3 is 2.65 bits per heavy atom. The highest BCUT2D eigenvalue weighted by Gasteiger charge is 2.17. The fraction of sp³-hybridized carbons (Fsp3) is 0.500. The fourth-order valence-electron chi connectivity index (χ4n) is 1.48. The third kappa shape index (κ3) is 5.45. The van der Waals surface area contributed by atoms with Crippen molar-refractivity contribution < 1.29 is 19.0 Å². The predicted molar refractivity (Wildman–Crippen MR) is 75.1 cm³/mol. The lowest BCUT2D eigenvalue weighted by atomic mass is 10.1. The minimum atomic E-state index is -0.696. The molecular weight excluding hydrogens is 285 g/mol. The molecule has 1 aromatic carbocycles. The molecule has 0 heterocycles. The molecule has 0 saturated carbocycles. The minimum absolute atomic E-state index is 0.00664. The van der Waals surface area contributed by atoms with Crippen LogP contribution >= 0.6 is 11.6 Å². The van der Waals surface area contributed by atoms with Gasteiger partial charge in [0.15, 0.2) is 0 Å². The second-order valence-corrected chi connectivity index (χ2v) is 5.78. The van der Waals surface area contributed by atoms with Crippen LogP contribution in [0.15, 0.2) is 18.2 Å². The molecule has 0 aliphatic rings. The van der Waals surface area contributed by atoms with E-state index in [0.29, 0.717) is 5.56 Å². The van der Waals surface area contributed by atoms with E-state index in [4.69, 9.17) is 16.3 Å². The Kier molecular flexibility index (Phi) is 5.92. The number of aliphatic hydroxyl groups is 1. The van der Waals surface area contributed by atoms with E-state index in [-0.39, 0.29) is 24.1 Å². The third-order valence-corrected chi connectivity index (χ3v) is 2.81. The van der Waals surface area contributed by atoms with Gasteiger partial charge >= 0.3 is 0 Å². The summed E-state index contributed by atoms with van der Waals surface area (Å²) in [5.41, 5.74) is 0.0110. The van der Waals surface area contributed by atoms with Gasteiger partial charge in [0, 0.05) is 0 Å². The van der Waals surface area contributed by atoms with Crippen molar-refractivity contribution in [3.05, 3.63) is 34.6 Å². The SMILES string of the molecule is CC(C)(C)OCC(=O)NC(CO)c1ccc(Cl)c(F)c1. The van der Waals surface area contributed by atoms with Crippen LogP contribution in [0.3, 0.4) is 0 Å². The normalized spacial score (nSPS) is 13.1. The Labute approximate surface area is 122 Å². The molecule has 0 aliphatic heterocycles. The average Bonchev–Trinajstić information content (AvgIpc) is 2.36. The molecule has 0 saturated heterocycles. The van der Waals surface area contributed by atoms with Crippen molar-refractivity contribution in [3.63, 3.8) is 0 Å². The van der Waals surface area contributed by atoms with Crippen molar-refractivity contribution in [2.24, 2.45) is 0 Å². The van der Waals surface area contributed by atoms with Crippen molar-refractivity contribution in [2.45, 2.75) is 32.4 Å². The van der Waals surface area contributed by atoms with E-state index in [2.05, 4.69) is 5.32 Å². The summed E-state index contributed by atoms with van der Waals surface area (Å²) >= 11 is 5.59. The lowest BCUT2D eigenvalue weighted by molar-refractivity contribution is -0.131. The van der Waals surface area contributed by atoms with E-state index in [1.807, 2.05) is 20.8 Å². The van der Waals surface area contributed by atoms with Crippen molar-refractivity contribution in [3.8, 4) is 0 Å². The van der Waals surface area contributed by atoms with Crippen LogP contribution in [0.4, 0.5) is 4.39 Å². The molecule has 2 N–H and O–H groups in total. The molecule has 6 heteroatoms. The zero-order valence-electron chi connectivity index (χ0n) is 11.7. The third-order valence-electron chi connectivity index (χ3n) is 2.50. The van der Waals surface area contributed by atoms with E-state index < -0.39 is 17.5 Å². The molecule has 112 valence electrons. The highest BCUT2D eigenvalue weighted by Crippen LogP contribution is 2.20. The molecule has 0 aromatic heterocycles. The molecule has 0 fully saturated rings.